The van der Waals surface area contributed by atoms with Crippen LogP contribution in [-0.4, -0.2) is 23.7 Å². The lowest BCUT2D eigenvalue weighted by atomic mass is 10.1. The maximum atomic E-state index is 5.24. The van der Waals surface area contributed by atoms with Crippen molar-refractivity contribution in [3.05, 3.63) is 200 Å². The number of aromatic nitrogens is 5. The van der Waals surface area contributed by atoms with Crippen molar-refractivity contribution in [2.45, 2.75) is 0 Å². The van der Waals surface area contributed by atoms with Crippen LogP contribution in [-0.2, 0) is 0 Å². The summed E-state index contributed by atoms with van der Waals surface area (Å²) in [6.07, 6.45) is 2.18. The van der Waals surface area contributed by atoms with Crippen molar-refractivity contribution in [1.82, 2.24) is 23.7 Å². The van der Waals surface area contributed by atoms with Gasteiger partial charge in [-0.05, 0) is 78.9 Å². The van der Waals surface area contributed by atoms with Gasteiger partial charge in [0.05, 0.1) is 38.8 Å². The van der Waals surface area contributed by atoms with E-state index in [1.807, 2.05) is 12.1 Å². The van der Waals surface area contributed by atoms with Crippen LogP contribution in [0.1, 0.15) is 0 Å². The fraction of sp³-hybridized carbons (Fsp3) is 0. The first-order valence-corrected chi connectivity index (χ1v) is 19.3. The molecule has 57 heavy (non-hydrogen) atoms. The second-order valence-corrected chi connectivity index (χ2v) is 14.7. The number of nitrogens with zero attached hydrogens (tertiary/aromatic N) is 5. The number of rotatable bonds is 5. The van der Waals surface area contributed by atoms with E-state index in [0.717, 1.165) is 55.8 Å². The smallest absolute Gasteiger partial charge is 0.160 e. The molecule has 5 nitrogen and oxygen atoms in total. The summed E-state index contributed by atoms with van der Waals surface area (Å²) in [6, 6.07) is 69.2. The summed E-state index contributed by atoms with van der Waals surface area (Å²) in [7, 11) is 0. The normalized spacial score (nSPS) is 11.9. The van der Waals surface area contributed by atoms with Crippen LogP contribution in [0.5, 0.6) is 0 Å². The number of hydrogen-bond acceptors (Lipinski definition) is 2. The van der Waals surface area contributed by atoms with Crippen LogP contribution in [0, 0.1) is 0 Å². The molecule has 0 amide bonds. The minimum Gasteiger partial charge on any atom is -0.317 e. The third-order valence-electron chi connectivity index (χ3n) is 11.4. The van der Waals surface area contributed by atoms with Crippen molar-refractivity contribution in [3.8, 4) is 39.7 Å². The Morgan fingerprint density at radius 2 is 0.930 bits per heavy atom. The van der Waals surface area contributed by atoms with Gasteiger partial charge in [0.2, 0.25) is 0 Å². The lowest BCUT2D eigenvalue weighted by Gasteiger charge is -2.13. The fourth-order valence-electron chi connectivity index (χ4n) is 8.86. The number of para-hydroxylation sites is 4. The van der Waals surface area contributed by atoms with Gasteiger partial charge in [0.25, 0.3) is 0 Å². The van der Waals surface area contributed by atoms with Crippen molar-refractivity contribution in [2.75, 3.05) is 0 Å². The third-order valence-corrected chi connectivity index (χ3v) is 11.4. The van der Waals surface area contributed by atoms with Gasteiger partial charge in [-0.15, -0.1) is 0 Å². The van der Waals surface area contributed by atoms with E-state index in [4.69, 9.17) is 9.97 Å². The van der Waals surface area contributed by atoms with Crippen LogP contribution >= 0.6 is 0 Å². The predicted octanol–water partition coefficient (Wildman–Crippen LogP) is 13.1. The molecule has 0 spiro atoms. The third kappa shape index (κ3) is 4.89. The summed E-state index contributed by atoms with van der Waals surface area (Å²) in [5.74, 6) is 0.698. The Morgan fingerprint density at radius 3 is 1.74 bits per heavy atom. The zero-order valence-corrected chi connectivity index (χ0v) is 30.8. The molecule has 8 aromatic carbocycles. The van der Waals surface area contributed by atoms with Crippen LogP contribution in [0.25, 0.3) is 105 Å². The average molecular weight is 728 g/mol. The quantitative estimate of drug-likeness (QED) is 0.177. The van der Waals surface area contributed by atoms with Gasteiger partial charge in [-0.25, -0.2) is 9.97 Å². The second kappa shape index (κ2) is 12.4. The molecule has 0 aliphatic carbocycles. The van der Waals surface area contributed by atoms with Crippen molar-refractivity contribution in [3.63, 3.8) is 0 Å². The average Bonchev–Trinajstić information content (AvgIpc) is 3.94. The highest BCUT2D eigenvalue weighted by atomic mass is 15.0. The van der Waals surface area contributed by atoms with Gasteiger partial charge >= 0.3 is 0 Å². The maximum absolute atomic E-state index is 5.24. The molecular formula is C52H33N5. The minimum atomic E-state index is 0.698. The van der Waals surface area contributed by atoms with Crippen molar-refractivity contribution < 1.29 is 0 Å². The summed E-state index contributed by atoms with van der Waals surface area (Å²) in [5.41, 5.74) is 13.0. The van der Waals surface area contributed by atoms with Gasteiger partial charge in [-0.1, -0.05) is 115 Å². The highest BCUT2D eigenvalue weighted by molar-refractivity contribution is 6.20. The Hall–Kier alpha value is -7.76. The lowest BCUT2D eigenvalue weighted by molar-refractivity contribution is 1.13. The molecule has 0 fully saturated rings. The van der Waals surface area contributed by atoms with Crippen molar-refractivity contribution in [2.24, 2.45) is 0 Å². The summed E-state index contributed by atoms with van der Waals surface area (Å²) >= 11 is 0. The second-order valence-electron chi connectivity index (χ2n) is 14.7. The van der Waals surface area contributed by atoms with E-state index < -0.39 is 0 Å². The lowest BCUT2D eigenvalue weighted by Crippen LogP contribution is -1.98. The molecule has 0 saturated carbocycles. The first-order chi connectivity index (χ1) is 28.3. The molecule has 4 heterocycles. The van der Waals surface area contributed by atoms with Gasteiger partial charge in [0, 0.05) is 66.7 Å². The molecule has 0 unspecified atom stereocenters. The molecule has 0 aliphatic heterocycles. The van der Waals surface area contributed by atoms with Crippen LogP contribution in [0.3, 0.4) is 0 Å². The van der Waals surface area contributed by atoms with Crippen LogP contribution in [0.2, 0.25) is 0 Å². The molecular weight excluding hydrogens is 695 g/mol. The Kier molecular flexibility index (Phi) is 6.86. The molecule has 12 rings (SSSR count). The van der Waals surface area contributed by atoms with Crippen LogP contribution in [0.15, 0.2) is 200 Å². The number of fused-ring (bicyclic) bond motifs is 8. The SMILES string of the molecule is c1ccc(-c2nc(-c3cccc(-n4c5cc6ccn(-c7ccccc7)c6cc5c5cc6c7ccccc7n(-c7ccccc7)c6cc54)c3)nc3ccccc23)cc1. The molecule has 0 atom stereocenters. The molecule has 12 aromatic rings. The molecule has 0 bridgehead atoms. The molecule has 0 aliphatic rings. The summed E-state index contributed by atoms with van der Waals surface area (Å²) in [5, 5.41) is 7.08. The Morgan fingerprint density at radius 1 is 0.333 bits per heavy atom. The molecule has 0 saturated heterocycles. The highest BCUT2D eigenvalue weighted by Crippen LogP contribution is 2.41. The van der Waals surface area contributed by atoms with Gasteiger partial charge in [0.1, 0.15) is 0 Å². The van der Waals surface area contributed by atoms with Crippen molar-refractivity contribution >= 4 is 65.4 Å². The van der Waals surface area contributed by atoms with Crippen LogP contribution < -0.4 is 0 Å². The molecule has 0 N–H and O–H groups in total. The predicted molar refractivity (Wildman–Crippen MR) is 236 cm³/mol. The van der Waals surface area contributed by atoms with Gasteiger partial charge in [-0.2, -0.15) is 0 Å². The van der Waals surface area contributed by atoms with Gasteiger partial charge in [-0.3, -0.25) is 0 Å². The maximum Gasteiger partial charge on any atom is 0.160 e. The van der Waals surface area contributed by atoms with E-state index in [2.05, 4.69) is 202 Å². The van der Waals surface area contributed by atoms with Crippen molar-refractivity contribution in [1.29, 1.82) is 0 Å². The first-order valence-electron chi connectivity index (χ1n) is 19.3. The number of hydrogen-bond donors (Lipinski definition) is 0. The van der Waals surface area contributed by atoms with E-state index in [9.17, 15) is 0 Å². The van der Waals surface area contributed by atoms with E-state index in [1.54, 1.807) is 0 Å². The number of benzene rings is 8. The summed E-state index contributed by atoms with van der Waals surface area (Å²) < 4.78 is 7.12. The summed E-state index contributed by atoms with van der Waals surface area (Å²) in [4.78, 5) is 10.4. The van der Waals surface area contributed by atoms with E-state index in [1.165, 1.54) is 43.5 Å². The Labute approximate surface area is 328 Å². The first kappa shape index (κ1) is 31.6. The van der Waals surface area contributed by atoms with Gasteiger partial charge in [0.15, 0.2) is 5.82 Å². The summed E-state index contributed by atoms with van der Waals surface area (Å²) in [6.45, 7) is 0. The highest BCUT2D eigenvalue weighted by Gasteiger charge is 2.21. The Bertz CT molecular complexity index is 3500. The van der Waals surface area contributed by atoms with E-state index >= 15 is 0 Å². The van der Waals surface area contributed by atoms with Crippen LogP contribution in [0.4, 0.5) is 0 Å². The minimum absolute atomic E-state index is 0.698. The molecule has 4 aromatic heterocycles. The zero-order valence-electron chi connectivity index (χ0n) is 30.8. The standard InChI is InChI=1S/C52H33N5/c1-4-15-34(16-5-1)51-41-24-10-12-25-45(41)53-52(54-51)36-17-14-22-39(29-36)57-48-30-35-27-28-55(37-18-6-2-7-19-37)47(35)32-44(48)43-31-42-40-23-11-13-26-46(40)56(49(42)33-50(43)57)38-20-8-3-9-21-38/h1-33H. The zero-order chi connectivity index (χ0) is 37.5. The topological polar surface area (TPSA) is 40.6 Å². The van der Waals surface area contributed by atoms with E-state index in [-0.39, 0.29) is 0 Å². The molecule has 266 valence electrons. The van der Waals surface area contributed by atoms with Gasteiger partial charge < -0.3 is 13.7 Å². The van der Waals surface area contributed by atoms with E-state index in [0.29, 0.717) is 5.82 Å². The Balaban J connectivity index is 1.16. The monoisotopic (exact) mass is 727 g/mol. The largest absolute Gasteiger partial charge is 0.317 e. The molecule has 5 heteroatoms. The fourth-order valence-corrected chi connectivity index (χ4v) is 8.86. The molecule has 0 radical (unpaired) electrons.